The summed E-state index contributed by atoms with van der Waals surface area (Å²) in [4.78, 5) is 4.42. The molecule has 0 saturated heterocycles. The molecule has 0 aliphatic heterocycles. The molecule has 0 fully saturated rings. The Hall–Kier alpha value is -1.78. The average molecular weight is 395 g/mol. The van der Waals surface area contributed by atoms with Crippen molar-refractivity contribution in [1.82, 2.24) is 0 Å². The zero-order valence-electron chi connectivity index (χ0n) is 12.7. The molecule has 0 unspecified atom stereocenters. The predicted molar refractivity (Wildman–Crippen MR) is 99.6 cm³/mol. The first-order valence-electron chi connectivity index (χ1n) is 7.13. The van der Waals surface area contributed by atoms with Gasteiger partial charge in [0.25, 0.3) is 0 Å². The van der Waals surface area contributed by atoms with Crippen molar-refractivity contribution in [2.45, 2.75) is 13.3 Å². The van der Waals surface area contributed by atoms with E-state index in [1.54, 1.807) is 24.4 Å². The topological polar surface area (TPSA) is 41.8 Å². The number of benzene rings is 2. The number of halogens is 2. The van der Waals surface area contributed by atoms with E-state index in [-0.39, 0.29) is 5.75 Å². The van der Waals surface area contributed by atoms with Gasteiger partial charge in [0.15, 0.2) is 11.5 Å². The van der Waals surface area contributed by atoms with Gasteiger partial charge in [0.1, 0.15) is 0 Å². The van der Waals surface area contributed by atoms with E-state index >= 15 is 0 Å². The zero-order valence-corrected chi connectivity index (χ0v) is 15.1. The molecular formula is C18H17BrClNO2. The highest BCUT2D eigenvalue weighted by Crippen LogP contribution is 2.32. The van der Waals surface area contributed by atoms with Gasteiger partial charge in [-0.2, -0.15) is 0 Å². The maximum atomic E-state index is 10.2. The smallest absolute Gasteiger partial charge is 0.161 e. The highest BCUT2D eigenvalue weighted by molar-refractivity contribution is 9.10. The number of hydrogen-bond donors (Lipinski definition) is 1. The van der Waals surface area contributed by atoms with Crippen LogP contribution in [0.2, 0.25) is 5.02 Å². The van der Waals surface area contributed by atoms with Gasteiger partial charge in [-0.15, -0.1) is 6.58 Å². The molecule has 120 valence electrons. The SMILES string of the molecule is C=CCc1cc(C=Nc2ccc(Br)c(Cl)c2)cc(OCC)c1O. The molecule has 0 amide bonds. The van der Waals surface area contributed by atoms with Gasteiger partial charge in [0.05, 0.1) is 17.3 Å². The summed E-state index contributed by atoms with van der Waals surface area (Å²) in [6.07, 6.45) is 4.01. The molecule has 0 spiro atoms. The van der Waals surface area contributed by atoms with Crippen LogP contribution in [-0.4, -0.2) is 17.9 Å². The van der Waals surface area contributed by atoms with Crippen molar-refractivity contribution in [2.75, 3.05) is 6.61 Å². The number of phenols is 1. The number of ether oxygens (including phenoxy) is 1. The quantitative estimate of drug-likeness (QED) is 0.505. The van der Waals surface area contributed by atoms with E-state index in [0.29, 0.717) is 23.8 Å². The van der Waals surface area contributed by atoms with Crippen LogP contribution in [0.5, 0.6) is 11.5 Å². The Morgan fingerprint density at radius 1 is 1.35 bits per heavy atom. The molecule has 0 atom stereocenters. The number of nitrogens with zero attached hydrogens (tertiary/aromatic N) is 1. The molecule has 0 aliphatic rings. The van der Waals surface area contributed by atoms with Gasteiger partial charge in [-0.25, -0.2) is 0 Å². The van der Waals surface area contributed by atoms with Crippen molar-refractivity contribution in [3.05, 3.63) is 63.6 Å². The van der Waals surface area contributed by atoms with Crippen molar-refractivity contribution < 1.29 is 9.84 Å². The maximum absolute atomic E-state index is 10.2. The Kier molecular flexibility index (Phi) is 6.25. The van der Waals surface area contributed by atoms with E-state index in [4.69, 9.17) is 16.3 Å². The molecule has 2 aromatic carbocycles. The molecule has 23 heavy (non-hydrogen) atoms. The average Bonchev–Trinajstić information content (AvgIpc) is 2.53. The third-order valence-corrected chi connectivity index (χ3v) is 4.34. The Balaban J connectivity index is 2.35. The van der Waals surface area contributed by atoms with Gasteiger partial charge < -0.3 is 9.84 Å². The Labute approximate surface area is 149 Å². The van der Waals surface area contributed by atoms with Crippen LogP contribution < -0.4 is 4.74 Å². The molecular weight excluding hydrogens is 378 g/mol. The third kappa shape index (κ3) is 4.60. The molecule has 5 heteroatoms. The summed E-state index contributed by atoms with van der Waals surface area (Å²) in [5, 5.41) is 10.8. The van der Waals surface area contributed by atoms with Gasteiger partial charge in [0.2, 0.25) is 0 Å². The van der Waals surface area contributed by atoms with Gasteiger partial charge >= 0.3 is 0 Å². The molecule has 2 aromatic rings. The number of hydrogen-bond acceptors (Lipinski definition) is 3. The Morgan fingerprint density at radius 2 is 2.13 bits per heavy atom. The van der Waals surface area contributed by atoms with E-state index in [1.807, 2.05) is 25.1 Å². The summed E-state index contributed by atoms with van der Waals surface area (Å²) < 4.78 is 6.31. The van der Waals surface area contributed by atoms with E-state index in [2.05, 4.69) is 27.5 Å². The number of aromatic hydroxyl groups is 1. The Bertz CT molecular complexity index is 744. The van der Waals surface area contributed by atoms with Crippen molar-refractivity contribution in [2.24, 2.45) is 4.99 Å². The molecule has 1 N–H and O–H groups in total. The summed E-state index contributed by atoms with van der Waals surface area (Å²) in [5.41, 5.74) is 2.33. The van der Waals surface area contributed by atoms with Crippen LogP contribution in [0.3, 0.4) is 0 Å². The first kappa shape index (κ1) is 17.6. The lowest BCUT2D eigenvalue weighted by atomic mass is 10.1. The minimum atomic E-state index is 0.149. The van der Waals surface area contributed by atoms with Gasteiger partial charge in [-0.3, -0.25) is 4.99 Å². The van der Waals surface area contributed by atoms with Crippen LogP contribution in [0.15, 0.2) is 52.5 Å². The lowest BCUT2D eigenvalue weighted by molar-refractivity contribution is 0.317. The first-order valence-corrected chi connectivity index (χ1v) is 8.31. The van der Waals surface area contributed by atoms with Gasteiger partial charge in [-0.05, 0) is 65.2 Å². The van der Waals surface area contributed by atoms with Crippen LogP contribution in [-0.2, 0) is 6.42 Å². The van der Waals surface area contributed by atoms with E-state index in [0.717, 1.165) is 21.3 Å². The fourth-order valence-corrected chi connectivity index (χ4v) is 2.48. The monoisotopic (exact) mass is 393 g/mol. The number of phenolic OH excluding ortho intramolecular Hbond substituents is 1. The van der Waals surface area contributed by atoms with Crippen LogP contribution >= 0.6 is 27.5 Å². The molecule has 0 radical (unpaired) electrons. The van der Waals surface area contributed by atoms with Crippen LogP contribution in [0.25, 0.3) is 0 Å². The second-order valence-corrected chi connectivity index (χ2v) is 6.07. The summed E-state index contributed by atoms with van der Waals surface area (Å²) in [6, 6.07) is 9.11. The molecule has 2 rings (SSSR count). The fourth-order valence-electron chi connectivity index (χ4n) is 2.05. The van der Waals surface area contributed by atoms with E-state index in [9.17, 15) is 5.11 Å². The fraction of sp³-hybridized carbons (Fsp3) is 0.167. The standard InChI is InChI=1S/C18H17BrClNO2/c1-3-5-13-8-12(9-17(18(13)22)23-4-2)11-21-14-6-7-15(19)16(20)10-14/h3,6-11,22H,1,4-5H2,2H3. The van der Waals surface area contributed by atoms with Crippen molar-refractivity contribution in [3.8, 4) is 11.5 Å². The van der Waals surface area contributed by atoms with Crippen molar-refractivity contribution in [3.63, 3.8) is 0 Å². The van der Waals surface area contributed by atoms with E-state index < -0.39 is 0 Å². The van der Waals surface area contributed by atoms with Crippen LogP contribution in [0.4, 0.5) is 5.69 Å². The summed E-state index contributed by atoms with van der Waals surface area (Å²) in [6.45, 7) is 6.06. The van der Waals surface area contributed by atoms with Crippen molar-refractivity contribution >= 4 is 39.4 Å². The molecule has 0 bridgehead atoms. The van der Waals surface area contributed by atoms with Crippen molar-refractivity contribution in [1.29, 1.82) is 0 Å². The lowest BCUT2D eigenvalue weighted by Crippen LogP contribution is -1.96. The molecule has 3 nitrogen and oxygen atoms in total. The largest absolute Gasteiger partial charge is 0.504 e. The first-order chi connectivity index (χ1) is 11.0. The highest BCUT2D eigenvalue weighted by atomic mass is 79.9. The maximum Gasteiger partial charge on any atom is 0.161 e. The second kappa shape index (κ2) is 8.18. The number of rotatable bonds is 6. The molecule has 0 aromatic heterocycles. The lowest BCUT2D eigenvalue weighted by Gasteiger charge is -2.10. The number of allylic oxidation sites excluding steroid dienone is 1. The Morgan fingerprint density at radius 3 is 2.78 bits per heavy atom. The molecule has 0 aliphatic carbocycles. The van der Waals surface area contributed by atoms with Crippen LogP contribution in [0, 0.1) is 0 Å². The van der Waals surface area contributed by atoms with E-state index in [1.165, 1.54) is 0 Å². The minimum Gasteiger partial charge on any atom is -0.504 e. The van der Waals surface area contributed by atoms with Crippen LogP contribution in [0.1, 0.15) is 18.1 Å². The number of aliphatic imine (C=N–C) groups is 1. The second-order valence-electron chi connectivity index (χ2n) is 4.81. The third-order valence-electron chi connectivity index (χ3n) is 3.11. The normalized spacial score (nSPS) is 10.9. The highest BCUT2D eigenvalue weighted by Gasteiger charge is 2.09. The van der Waals surface area contributed by atoms with Gasteiger partial charge in [0, 0.05) is 16.3 Å². The molecule has 0 heterocycles. The molecule has 0 saturated carbocycles. The predicted octanol–water partition coefficient (Wildman–Crippen LogP) is 5.69. The summed E-state index contributed by atoms with van der Waals surface area (Å²) in [5.74, 6) is 0.595. The summed E-state index contributed by atoms with van der Waals surface area (Å²) >= 11 is 9.41. The zero-order chi connectivity index (χ0) is 16.8. The summed E-state index contributed by atoms with van der Waals surface area (Å²) in [7, 11) is 0. The van der Waals surface area contributed by atoms with Gasteiger partial charge in [-0.1, -0.05) is 17.7 Å². The minimum absolute atomic E-state index is 0.149.